The first kappa shape index (κ1) is 11.5. The van der Waals surface area contributed by atoms with E-state index in [0.717, 1.165) is 11.1 Å². The first-order valence-corrected chi connectivity index (χ1v) is 4.66. The summed E-state index contributed by atoms with van der Waals surface area (Å²) in [5, 5.41) is 0. The van der Waals surface area contributed by atoms with Crippen LogP contribution in [0.3, 0.4) is 0 Å². The first-order chi connectivity index (χ1) is 7.06. The highest BCUT2D eigenvalue weighted by atomic mass is 19.1. The molecule has 1 aromatic rings. The van der Waals surface area contributed by atoms with Crippen LogP contribution < -0.4 is 10.5 Å². The monoisotopic (exact) mass is 211 g/mol. The first-order valence-electron chi connectivity index (χ1n) is 4.66. The smallest absolute Gasteiger partial charge is 0.248 e. The Kier molecular flexibility index (Phi) is 3.66. The van der Waals surface area contributed by atoms with Crippen molar-refractivity contribution in [2.45, 2.75) is 13.8 Å². The highest BCUT2D eigenvalue weighted by molar-refractivity contribution is 5.93. The van der Waals surface area contributed by atoms with E-state index in [2.05, 4.69) is 0 Å². The Bertz CT molecular complexity index is 354. The van der Waals surface area contributed by atoms with Crippen molar-refractivity contribution < 1.29 is 13.9 Å². The van der Waals surface area contributed by atoms with Crippen LogP contribution >= 0.6 is 0 Å². The minimum atomic E-state index is -0.531. The summed E-state index contributed by atoms with van der Waals surface area (Å²) in [4.78, 5) is 11.0. The van der Waals surface area contributed by atoms with Crippen LogP contribution in [0.5, 0.6) is 5.75 Å². The number of hydrogen-bond donors (Lipinski definition) is 1. The second kappa shape index (κ2) is 4.77. The van der Waals surface area contributed by atoms with Gasteiger partial charge in [0.15, 0.2) is 0 Å². The lowest BCUT2D eigenvalue weighted by Gasteiger charge is -2.11. The fourth-order valence-corrected chi connectivity index (χ4v) is 1.46. The van der Waals surface area contributed by atoms with Gasteiger partial charge in [-0.15, -0.1) is 0 Å². The Morgan fingerprint density at radius 2 is 1.93 bits per heavy atom. The Balaban J connectivity index is 3.04. The highest BCUT2D eigenvalue weighted by Gasteiger charge is 2.09. The molecular formula is C11H14FNO2. The number of halogens is 1. The normalized spacial score (nSPS) is 10.1. The summed E-state index contributed by atoms with van der Waals surface area (Å²) >= 11 is 0. The van der Waals surface area contributed by atoms with Crippen LogP contribution in [0.15, 0.2) is 12.1 Å². The number of rotatable bonds is 4. The lowest BCUT2D eigenvalue weighted by molar-refractivity contribution is 0.1000. The molecular weight excluding hydrogens is 197 g/mol. The van der Waals surface area contributed by atoms with Crippen molar-refractivity contribution in [2.24, 2.45) is 5.73 Å². The van der Waals surface area contributed by atoms with Crippen molar-refractivity contribution in [3.63, 3.8) is 0 Å². The number of carbonyl (C=O) groups is 1. The topological polar surface area (TPSA) is 52.3 Å². The van der Waals surface area contributed by atoms with Crippen molar-refractivity contribution in [3.05, 3.63) is 28.8 Å². The van der Waals surface area contributed by atoms with Gasteiger partial charge in [-0.1, -0.05) is 0 Å². The summed E-state index contributed by atoms with van der Waals surface area (Å²) in [6, 6.07) is 3.28. The molecule has 0 saturated carbocycles. The molecule has 1 aromatic carbocycles. The summed E-state index contributed by atoms with van der Waals surface area (Å²) in [6.07, 6.45) is 0. The molecule has 0 heterocycles. The predicted molar refractivity (Wildman–Crippen MR) is 55.9 cm³/mol. The van der Waals surface area contributed by atoms with Crippen LogP contribution in [0.4, 0.5) is 4.39 Å². The van der Waals surface area contributed by atoms with Gasteiger partial charge in [0.05, 0.1) is 0 Å². The number of benzene rings is 1. The number of hydrogen-bond acceptors (Lipinski definition) is 2. The van der Waals surface area contributed by atoms with E-state index in [-0.39, 0.29) is 6.61 Å². The minimum absolute atomic E-state index is 0.0254. The molecule has 82 valence electrons. The molecule has 0 unspecified atom stereocenters. The van der Waals surface area contributed by atoms with Crippen LogP contribution in [0.2, 0.25) is 0 Å². The third-order valence-corrected chi connectivity index (χ3v) is 2.07. The van der Waals surface area contributed by atoms with Crippen LogP contribution in [0.25, 0.3) is 0 Å². The lowest BCUT2D eigenvalue weighted by atomic mass is 10.1. The number of aryl methyl sites for hydroxylation is 2. The molecule has 0 aliphatic heterocycles. The van der Waals surface area contributed by atoms with E-state index >= 15 is 0 Å². The van der Waals surface area contributed by atoms with Gasteiger partial charge in [-0.3, -0.25) is 4.79 Å². The van der Waals surface area contributed by atoms with Gasteiger partial charge in [-0.25, -0.2) is 4.39 Å². The number of primary amides is 1. The van der Waals surface area contributed by atoms with E-state index in [9.17, 15) is 9.18 Å². The van der Waals surface area contributed by atoms with Crippen LogP contribution in [0.1, 0.15) is 21.5 Å². The van der Waals surface area contributed by atoms with E-state index in [1.54, 1.807) is 26.0 Å². The van der Waals surface area contributed by atoms with Gasteiger partial charge in [0.25, 0.3) is 0 Å². The molecule has 0 spiro atoms. The summed E-state index contributed by atoms with van der Waals surface area (Å²) in [7, 11) is 0. The zero-order chi connectivity index (χ0) is 11.4. The molecule has 0 aliphatic rings. The fourth-order valence-electron chi connectivity index (χ4n) is 1.46. The van der Waals surface area contributed by atoms with Crippen LogP contribution in [-0.2, 0) is 0 Å². The summed E-state index contributed by atoms with van der Waals surface area (Å²) in [5.41, 5.74) is 7.18. The van der Waals surface area contributed by atoms with Gasteiger partial charge in [0, 0.05) is 5.56 Å². The third-order valence-electron chi connectivity index (χ3n) is 2.07. The number of carbonyl (C=O) groups excluding carboxylic acids is 1. The molecule has 1 amide bonds. The molecule has 0 fully saturated rings. The molecule has 15 heavy (non-hydrogen) atoms. The molecule has 0 aromatic heterocycles. The third kappa shape index (κ3) is 2.68. The van der Waals surface area contributed by atoms with Gasteiger partial charge in [-0.2, -0.15) is 0 Å². The predicted octanol–water partition coefficient (Wildman–Crippen LogP) is 1.75. The maximum atomic E-state index is 12.0. The standard InChI is InChI=1S/C11H14FNO2/c1-7-5-9(11(13)14)6-8(2)10(7)15-4-3-12/h5-6H,3-4H2,1-2H3,(H2,13,14). The van der Waals surface area contributed by atoms with Crippen LogP contribution in [0, 0.1) is 13.8 Å². The Hall–Kier alpha value is -1.58. The quantitative estimate of drug-likeness (QED) is 0.824. The maximum absolute atomic E-state index is 12.0. The van der Waals surface area contributed by atoms with Crippen molar-refractivity contribution in [2.75, 3.05) is 13.3 Å². The summed E-state index contributed by atoms with van der Waals surface area (Å²) in [5.74, 6) is 0.149. The van der Waals surface area contributed by atoms with E-state index in [1.165, 1.54) is 0 Å². The maximum Gasteiger partial charge on any atom is 0.248 e. The molecule has 2 N–H and O–H groups in total. The Labute approximate surface area is 88.0 Å². The Morgan fingerprint density at radius 3 is 2.33 bits per heavy atom. The summed E-state index contributed by atoms with van der Waals surface area (Å²) in [6.45, 7) is 3.09. The highest BCUT2D eigenvalue weighted by Crippen LogP contribution is 2.24. The largest absolute Gasteiger partial charge is 0.490 e. The second-order valence-electron chi connectivity index (χ2n) is 3.34. The fraction of sp³-hybridized carbons (Fsp3) is 0.364. The number of alkyl halides is 1. The van der Waals surface area contributed by atoms with Crippen molar-refractivity contribution >= 4 is 5.91 Å². The van der Waals surface area contributed by atoms with Crippen molar-refractivity contribution in [3.8, 4) is 5.75 Å². The molecule has 1 rings (SSSR count). The molecule has 0 aliphatic carbocycles. The molecule has 0 radical (unpaired) electrons. The zero-order valence-corrected chi connectivity index (χ0v) is 8.84. The molecule has 0 bridgehead atoms. The number of nitrogens with two attached hydrogens (primary N) is 1. The van der Waals surface area contributed by atoms with Gasteiger partial charge in [-0.05, 0) is 37.1 Å². The molecule has 0 atom stereocenters. The SMILES string of the molecule is Cc1cc(C(N)=O)cc(C)c1OCCF. The van der Waals surface area contributed by atoms with Crippen molar-refractivity contribution in [1.29, 1.82) is 0 Å². The van der Waals surface area contributed by atoms with E-state index in [0.29, 0.717) is 11.3 Å². The van der Waals surface area contributed by atoms with Gasteiger partial charge in [0.2, 0.25) is 5.91 Å². The molecule has 4 heteroatoms. The van der Waals surface area contributed by atoms with Gasteiger partial charge < -0.3 is 10.5 Å². The minimum Gasteiger partial charge on any atom is -0.490 e. The van der Waals surface area contributed by atoms with Crippen molar-refractivity contribution in [1.82, 2.24) is 0 Å². The lowest BCUT2D eigenvalue weighted by Crippen LogP contribution is -2.12. The van der Waals surface area contributed by atoms with E-state index in [1.807, 2.05) is 0 Å². The number of amides is 1. The zero-order valence-electron chi connectivity index (χ0n) is 8.84. The Morgan fingerprint density at radius 1 is 1.40 bits per heavy atom. The van der Waals surface area contributed by atoms with Crippen LogP contribution in [-0.4, -0.2) is 19.2 Å². The van der Waals surface area contributed by atoms with Gasteiger partial charge in [0.1, 0.15) is 19.0 Å². The average molecular weight is 211 g/mol. The molecule has 0 saturated heterocycles. The molecule has 3 nitrogen and oxygen atoms in total. The van der Waals surface area contributed by atoms with E-state index < -0.39 is 12.6 Å². The van der Waals surface area contributed by atoms with E-state index in [4.69, 9.17) is 10.5 Å². The summed E-state index contributed by atoms with van der Waals surface area (Å²) < 4.78 is 17.2. The average Bonchev–Trinajstić information content (AvgIpc) is 2.16. The number of ether oxygens (including phenoxy) is 1. The second-order valence-corrected chi connectivity index (χ2v) is 3.34. The van der Waals surface area contributed by atoms with Gasteiger partial charge >= 0.3 is 0 Å².